The Hall–Kier alpha value is -0.870. The Kier molecular flexibility index (Phi) is 3.61. The van der Waals surface area contributed by atoms with Gasteiger partial charge in [0.05, 0.1) is 4.47 Å². The second-order valence-electron chi connectivity index (χ2n) is 3.27. The van der Waals surface area contributed by atoms with Crippen LogP contribution in [0.4, 0.5) is 0 Å². The molecule has 2 aromatic rings. The van der Waals surface area contributed by atoms with Crippen LogP contribution >= 0.6 is 31.9 Å². The smallest absolute Gasteiger partial charge is 0.233 e. The molecule has 0 aliphatic heterocycles. The lowest BCUT2D eigenvalue weighted by Crippen LogP contribution is -1.91. The van der Waals surface area contributed by atoms with Crippen LogP contribution < -0.4 is 4.74 Å². The molecule has 16 heavy (non-hydrogen) atoms. The lowest BCUT2D eigenvalue weighted by Gasteiger charge is -2.09. The molecule has 1 aromatic carbocycles. The summed E-state index contributed by atoms with van der Waals surface area (Å²) in [7, 11) is 0. The number of nitrogens with zero attached hydrogens (tertiary/aromatic N) is 1. The largest absolute Gasteiger partial charge is 0.438 e. The van der Waals surface area contributed by atoms with Gasteiger partial charge in [-0.1, -0.05) is 18.2 Å². The van der Waals surface area contributed by atoms with Gasteiger partial charge in [-0.25, -0.2) is 4.98 Å². The fraction of sp³-hybridized carbons (Fsp3) is 0.0833. The maximum Gasteiger partial charge on any atom is 0.233 e. The molecule has 0 atom stereocenters. The predicted molar refractivity (Wildman–Crippen MR) is 70.9 cm³/mol. The van der Waals surface area contributed by atoms with Crippen LogP contribution in [0.5, 0.6) is 11.6 Å². The summed E-state index contributed by atoms with van der Waals surface area (Å²) in [6.07, 6.45) is 1.73. The molecule has 4 heteroatoms. The van der Waals surface area contributed by atoms with Gasteiger partial charge in [-0.15, -0.1) is 0 Å². The van der Waals surface area contributed by atoms with Crippen molar-refractivity contribution in [2.45, 2.75) is 6.92 Å². The molecule has 1 heterocycles. The van der Waals surface area contributed by atoms with E-state index in [2.05, 4.69) is 36.8 Å². The molecule has 0 saturated carbocycles. The van der Waals surface area contributed by atoms with E-state index < -0.39 is 0 Å². The van der Waals surface area contributed by atoms with Gasteiger partial charge in [0.2, 0.25) is 5.88 Å². The van der Waals surface area contributed by atoms with Crippen molar-refractivity contribution in [3.8, 4) is 11.6 Å². The van der Waals surface area contributed by atoms with Gasteiger partial charge in [-0.3, -0.25) is 0 Å². The molecule has 0 aliphatic carbocycles. The van der Waals surface area contributed by atoms with Crippen LogP contribution in [0.25, 0.3) is 0 Å². The minimum Gasteiger partial charge on any atom is -0.438 e. The Labute approximate surface area is 111 Å². The van der Waals surface area contributed by atoms with E-state index in [1.165, 1.54) is 0 Å². The van der Waals surface area contributed by atoms with Crippen molar-refractivity contribution in [3.05, 3.63) is 51.0 Å². The first-order chi connectivity index (χ1) is 7.68. The number of pyridine rings is 1. The molecular formula is C12H9Br2NO. The minimum absolute atomic E-state index is 0.576. The molecular weight excluding hydrogens is 334 g/mol. The van der Waals surface area contributed by atoms with E-state index in [1.54, 1.807) is 6.20 Å². The summed E-state index contributed by atoms with van der Waals surface area (Å²) in [5.74, 6) is 1.35. The number of para-hydroxylation sites is 1. The van der Waals surface area contributed by atoms with Crippen molar-refractivity contribution in [1.82, 2.24) is 4.98 Å². The van der Waals surface area contributed by atoms with E-state index in [9.17, 15) is 0 Å². The van der Waals surface area contributed by atoms with Crippen molar-refractivity contribution in [2.24, 2.45) is 0 Å². The van der Waals surface area contributed by atoms with Crippen molar-refractivity contribution in [3.63, 3.8) is 0 Å². The third-order valence-electron chi connectivity index (χ3n) is 2.13. The zero-order valence-electron chi connectivity index (χ0n) is 8.58. The lowest BCUT2D eigenvalue weighted by atomic mass is 10.3. The van der Waals surface area contributed by atoms with E-state index >= 15 is 0 Å². The van der Waals surface area contributed by atoms with E-state index in [1.807, 2.05) is 37.3 Å². The van der Waals surface area contributed by atoms with E-state index in [-0.39, 0.29) is 0 Å². The first kappa shape index (κ1) is 11.6. The van der Waals surface area contributed by atoms with Gasteiger partial charge in [0.25, 0.3) is 0 Å². The zero-order chi connectivity index (χ0) is 11.5. The molecule has 2 nitrogen and oxygen atoms in total. The quantitative estimate of drug-likeness (QED) is 0.788. The summed E-state index contributed by atoms with van der Waals surface area (Å²) in [4.78, 5) is 4.22. The molecule has 0 saturated heterocycles. The first-order valence-corrected chi connectivity index (χ1v) is 6.30. The van der Waals surface area contributed by atoms with Gasteiger partial charge in [-0.05, 0) is 56.5 Å². The highest BCUT2D eigenvalue weighted by molar-refractivity contribution is 9.11. The van der Waals surface area contributed by atoms with Gasteiger partial charge < -0.3 is 4.74 Å². The van der Waals surface area contributed by atoms with Crippen LogP contribution in [-0.2, 0) is 0 Å². The third kappa shape index (κ3) is 2.44. The maximum absolute atomic E-state index is 5.67. The SMILES string of the molecule is Cc1c(Br)cnc(Oc2ccccc2)c1Br. The van der Waals surface area contributed by atoms with Crippen LogP contribution in [0, 0.1) is 6.92 Å². The standard InChI is InChI=1S/C12H9Br2NO/c1-8-10(13)7-15-12(11(8)14)16-9-5-3-2-4-6-9/h2-7H,1H3. The van der Waals surface area contributed by atoms with Crippen LogP contribution in [-0.4, -0.2) is 4.98 Å². The normalized spacial score (nSPS) is 10.2. The Morgan fingerprint density at radius 1 is 1.12 bits per heavy atom. The molecule has 0 amide bonds. The fourth-order valence-corrected chi connectivity index (χ4v) is 2.17. The van der Waals surface area contributed by atoms with Gasteiger partial charge >= 0.3 is 0 Å². The van der Waals surface area contributed by atoms with Crippen LogP contribution in [0.1, 0.15) is 5.56 Å². The summed E-state index contributed by atoms with van der Waals surface area (Å²) in [6, 6.07) is 9.59. The summed E-state index contributed by atoms with van der Waals surface area (Å²) >= 11 is 6.89. The number of benzene rings is 1. The number of hydrogen-bond donors (Lipinski definition) is 0. The summed E-state index contributed by atoms with van der Waals surface area (Å²) in [5.41, 5.74) is 1.07. The molecule has 1 aromatic heterocycles. The molecule has 0 bridgehead atoms. The summed E-state index contributed by atoms with van der Waals surface area (Å²) < 4.78 is 7.49. The monoisotopic (exact) mass is 341 g/mol. The molecule has 0 N–H and O–H groups in total. The Morgan fingerprint density at radius 2 is 1.81 bits per heavy atom. The average Bonchev–Trinajstić information content (AvgIpc) is 2.31. The molecule has 0 fully saturated rings. The Bertz CT molecular complexity index is 500. The molecule has 0 aliphatic rings. The number of aromatic nitrogens is 1. The summed E-state index contributed by atoms with van der Waals surface area (Å²) in [5, 5.41) is 0. The number of rotatable bonds is 2. The van der Waals surface area contributed by atoms with Gasteiger partial charge in [0, 0.05) is 10.7 Å². The average molecular weight is 343 g/mol. The van der Waals surface area contributed by atoms with Crippen molar-refractivity contribution < 1.29 is 4.74 Å². The van der Waals surface area contributed by atoms with Crippen LogP contribution in [0.2, 0.25) is 0 Å². The maximum atomic E-state index is 5.67. The molecule has 0 unspecified atom stereocenters. The minimum atomic E-state index is 0.576. The zero-order valence-corrected chi connectivity index (χ0v) is 11.7. The van der Waals surface area contributed by atoms with Crippen molar-refractivity contribution in [1.29, 1.82) is 0 Å². The van der Waals surface area contributed by atoms with Gasteiger partial charge in [-0.2, -0.15) is 0 Å². The van der Waals surface area contributed by atoms with Crippen LogP contribution in [0.3, 0.4) is 0 Å². The van der Waals surface area contributed by atoms with E-state index in [4.69, 9.17) is 4.74 Å². The van der Waals surface area contributed by atoms with Gasteiger partial charge in [0.15, 0.2) is 0 Å². The Morgan fingerprint density at radius 3 is 2.50 bits per heavy atom. The number of halogens is 2. The first-order valence-electron chi connectivity index (χ1n) is 4.72. The second-order valence-corrected chi connectivity index (χ2v) is 4.91. The number of hydrogen-bond acceptors (Lipinski definition) is 2. The lowest BCUT2D eigenvalue weighted by molar-refractivity contribution is 0.459. The molecule has 82 valence electrons. The highest BCUT2D eigenvalue weighted by atomic mass is 79.9. The van der Waals surface area contributed by atoms with Crippen molar-refractivity contribution >= 4 is 31.9 Å². The Balaban J connectivity index is 2.33. The highest BCUT2D eigenvalue weighted by Gasteiger charge is 2.09. The summed E-state index contributed by atoms with van der Waals surface area (Å²) in [6.45, 7) is 1.99. The fourth-order valence-electron chi connectivity index (χ4n) is 1.21. The predicted octanol–water partition coefficient (Wildman–Crippen LogP) is 4.71. The topological polar surface area (TPSA) is 22.1 Å². The van der Waals surface area contributed by atoms with E-state index in [0.29, 0.717) is 5.88 Å². The third-order valence-corrected chi connectivity index (χ3v) is 3.86. The van der Waals surface area contributed by atoms with E-state index in [0.717, 1.165) is 20.3 Å². The van der Waals surface area contributed by atoms with Crippen molar-refractivity contribution in [2.75, 3.05) is 0 Å². The molecule has 0 radical (unpaired) electrons. The second kappa shape index (κ2) is 4.97. The molecule has 0 spiro atoms. The highest BCUT2D eigenvalue weighted by Crippen LogP contribution is 2.33. The van der Waals surface area contributed by atoms with Crippen LogP contribution in [0.15, 0.2) is 45.5 Å². The number of ether oxygens (including phenoxy) is 1. The van der Waals surface area contributed by atoms with Gasteiger partial charge in [0.1, 0.15) is 5.75 Å². The molecule has 2 rings (SSSR count).